The van der Waals surface area contributed by atoms with Crippen LogP contribution in [0.5, 0.6) is 0 Å². The number of aryl methyl sites for hydroxylation is 1. The molecule has 0 saturated heterocycles. The Bertz CT molecular complexity index is 1610. The number of ether oxygens (including phenoxy) is 1. The second-order valence-corrected chi connectivity index (χ2v) is 8.91. The van der Waals surface area contributed by atoms with E-state index in [1.54, 1.807) is 38.4 Å². The highest BCUT2D eigenvalue weighted by Crippen LogP contribution is 2.33. The highest BCUT2D eigenvalue weighted by atomic mass is 19.1. The van der Waals surface area contributed by atoms with Crippen LogP contribution in [-0.2, 0) is 4.74 Å². The molecule has 0 aliphatic rings. The first-order chi connectivity index (χ1) is 17.7. The minimum absolute atomic E-state index is 0.148. The van der Waals surface area contributed by atoms with Gasteiger partial charge < -0.3 is 20.2 Å². The molecule has 0 spiro atoms. The second kappa shape index (κ2) is 10.3. The zero-order valence-corrected chi connectivity index (χ0v) is 21.4. The number of nitrogens with one attached hydrogen (secondary N) is 2. The van der Waals surface area contributed by atoms with E-state index in [0.29, 0.717) is 39.1 Å². The van der Waals surface area contributed by atoms with Crippen molar-refractivity contribution in [1.29, 1.82) is 0 Å². The molecule has 1 atom stereocenters. The summed E-state index contributed by atoms with van der Waals surface area (Å²) >= 11 is 0. The van der Waals surface area contributed by atoms with E-state index < -0.39 is 17.8 Å². The topological polar surface area (TPSA) is 109 Å². The summed E-state index contributed by atoms with van der Waals surface area (Å²) in [6, 6.07) is 13.0. The molecule has 4 aromatic rings. The van der Waals surface area contributed by atoms with Crippen LogP contribution in [0.4, 0.5) is 15.8 Å². The number of nitrogen functional groups attached to an aromatic ring is 1. The molecule has 37 heavy (non-hydrogen) atoms. The van der Waals surface area contributed by atoms with Gasteiger partial charge in [0.2, 0.25) is 0 Å². The maximum atomic E-state index is 14.5. The lowest BCUT2D eigenvalue weighted by molar-refractivity contribution is -0.413. The summed E-state index contributed by atoms with van der Waals surface area (Å²) in [5.41, 5.74) is 10.5. The number of fused-ring (bicyclic) bond motifs is 1. The van der Waals surface area contributed by atoms with Gasteiger partial charge in [-0.05, 0) is 62.7 Å². The molecule has 8 heteroatoms. The van der Waals surface area contributed by atoms with Crippen molar-refractivity contribution in [2.45, 2.75) is 26.8 Å². The van der Waals surface area contributed by atoms with Gasteiger partial charge in [-0.1, -0.05) is 12.1 Å². The number of halogens is 1. The Balaban J connectivity index is 1.90. The number of esters is 1. The SMILES string of the molecule is C[NH+]=Cc1cc(-c2oc3c([C@@H](C)Nc4cccc(F)c4C(=O)OC)cc(C)cc3c(=O)c2C)ccc1N. The fourth-order valence-corrected chi connectivity index (χ4v) is 4.43. The highest BCUT2D eigenvalue weighted by Gasteiger charge is 2.22. The zero-order valence-electron chi connectivity index (χ0n) is 21.4. The standard InChI is InChI=1S/C29H28FN3O4/c1-15-11-20(17(3)33-24-8-6-7-22(30)25(24)29(35)36-5)28-21(12-15)26(34)16(2)27(37-28)18-9-10-23(31)19(13-18)14-32-4/h6-14,17,33H,31H2,1-5H3/p+1/t17-/m1/s1. The molecule has 4 rings (SSSR count). The lowest BCUT2D eigenvalue weighted by Crippen LogP contribution is -2.63. The van der Waals surface area contributed by atoms with Crippen LogP contribution in [0.2, 0.25) is 0 Å². The van der Waals surface area contributed by atoms with Crippen molar-refractivity contribution < 1.29 is 23.3 Å². The summed E-state index contributed by atoms with van der Waals surface area (Å²) in [6.07, 6.45) is 1.77. The number of rotatable bonds is 6. The van der Waals surface area contributed by atoms with Crippen LogP contribution in [0, 0.1) is 19.7 Å². The molecule has 0 fully saturated rings. The molecule has 0 radical (unpaired) electrons. The van der Waals surface area contributed by atoms with Gasteiger partial charge in [-0.2, -0.15) is 0 Å². The van der Waals surface area contributed by atoms with Crippen LogP contribution < -0.4 is 21.5 Å². The van der Waals surface area contributed by atoms with Crippen molar-refractivity contribution in [3.63, 3.8) is 0 Å². The van der Waals surface area contributed by atoms with E-state index in [1.165, 1.54) is 19.2 Å². The summed E-state index contributed by atoms with van der Waals surface area (Å²) in [5, 5.41) is 3.64. The molecular formula is C29H29FN3O4+. The Kier molecular flexibility index (Phi) is 7.11. The van der Waals surface area contributed by atoms with E-state index in [0.717, 1.165) is 11.1 Å². The first kappa shape index (κ1) is 25.6. The van der Waals surface area contributed by atoms with Crippen LogP contribution >= 0.6 is 0 Å². The maximum Gasteiger partial charge on any atom is 0.342 e. The van der Waals surface area contributed by atoms with Crippen molar-refractivity contribution in [3.05, 3.63) is 92.4 Å². The van der Waals surface area contributed by atoms with E-state index in [4.69, 9.17) is 14.9 Å². The Morgan fingerprint density at radius 1 is 1.19 bits per heavy atom. The van der Waals surface area contributed by atoms with E-state index in [-0.39, 0.29) is 16.7 Å². The number of carbonyl (C=O) groups is 1. The molecule has 1 heterocycles. The van der Waals surface area contributed by atoms with Crippen molar-refractivity contribution in [2.24, 2.45) is 0 Å². The summed E-state index contributed by atoms with van der Waals surface area (Å²) in [4.78, 5) is 28.7. The maximum absolute atomic E-state index is 14.5. The van der Waals surface area contributed by atoms with Gasteiger partial charge in [-0.15, -0.1) is 0 Å². The Morgan fingerprint density at radius 3 is 2.65 bits per heavy atom. The second-order valence-electron chi connectivity index (χ2n) is 8.91. The van der Waals surface area contributed by atoms with Gasteiger partial charge in [0, 0.05) is 22.4 Å². The normalized spacial score (nSPS) is 12.2. The third-order valence-electron chi connectivity index (χ3n) is 6.28. The molecule has 0 saturated carbocycles. The van der Waals surface area contributed by atoms with E-state index >= 15 is 0 Å². The quantitative estimate of drug-likeness (QED) is 0.210. The molecule has 0 aliphatic carbocycles. The van der Waals surface area contributed by atoms with Crippen LogP contribution in [0.25, 0.3) is 22.3 Å². The average molecular weight is 503 g/mol. The van der Waals surface area contributed by atoms with Gasteiger partial charge in [-0.3, -0.25) is 9.79 Å². The monoisotopic (exact) mass is 502 g/mol. The summed E-state index contributed by atoms with van der Waals surface area (Å²) < 4.78 is 25.7. The number of nitrogens with two attached hydrogens (primary N) is 1. The fraction of sp³-hybridized carbons (Fsp3) is 0.207. The van der Waals surface area contributed by atoms with E-state index in [1.807, 2.05) is 32.0 Å². The van der Waals surface area contributed by atoms with Crippen molar-refractivity contribution in [2.75, 3.05) is 25.2 Å². The smallest absolute Gasteiger partial charge is 0.342 e. The van der Waals surface area contributed by atoms with E-state index in [2.05, 4.69) is 10.3 Å². The summed E-state index contributed by atoms with van der Waals surface area (Å²) in [5.74, 6) is -1.05. The molecule has 0 amide bonds. The molecule has 0 bridgehead atoms. The van der Waals surface area contributed by atoms with Crippen LogP contribution in [0.15, 0.2) is 57.7 Å². The Morgan fingerprint density at radius 2 is 1.95 bits per heavy atom. The first-order valence-electron chi connectivity index (χ1n) is 11.8. The number of carbonyl (C=O) groups excluding carboxylic acids is 1. The predicted octanol–water partition coefficient (Wildman–Crippen LogP) is 3.89. The third kappa shape index (κ3) is 4.82. The van der Waals surface area contributed by atoms with Crippen LogP contribution in [0.3, 0.4) is 0 Å². The molecule has 1 aromatic heterocycles. The van der Waals surface area contributed by atoms with Gasteiger partial charge in [-0.25, -0.2) is 9.18 Å². The highest BCUT2D eigenvalue weighted by molar-refractivity contribution is 5.96. The Hall–Kier alpha value is -4.46. The Labute approximate surface area is 213 Å². The number of hydrogen-bond acceptors (Lipinski definition) is 6. The number of anilines is 2. The molecule has 0 aliphatic heterocycles. The fourth-order valence-electron chi connectivity index (χ4n) is 4.43. The molecule has 3 aromatic carbocycles. The third-order valence-corrected chi connectivity index (χ3v) is 6.28. The van der Waals surface area contributed by atoms with Gasteiger partial charge >= 0.3 is 5.97 Å². The molecule has 4 N–H and O–H groups in total. The number of methoxy groups -OCH3 is 1. The van der Waals surface area contributed by atoms with Crippen molar-refractivity contribution in [1.82, 2.24) is 0 Å². The van der Waals surface area contributed by atoms with Crippen molar-refractivity contribution in [3.8, 4) is 11.3 Å². The first-order valence-corrected chi connectivity index (χ1v) is 11.8. The number of hydrogen-bond donors (Lipinski definition) is 3. The van der Waals surface area contributed by atoms with Gasteiger partial charge in [0.15, 0.2) is 11.6 Å². The predicted molar refractivity (Wildman–Crippen MR) is 144 cm³/mol. The lowest BCUT2D eigenvalue weighted by Gasteiger charge is -2.20. The molecule has 190 valence electrons. The number of benzene rings is 3. The molecular weight excluding hydrogens is 473 g/mol. The largest absolute Gasteiger partial charge is 0.465 e. The minimum atomic E-state index is -0.788. The zero-order chi connectivity index (χ0) is 26.9. The van der Waals surface area contributed by atoms with Gasteiger partial charge in [0.25, 0.3) is 0 Å². The van der Waals surface area contributed by atoms with Crippen LogP contribution in [0.1, 0.15) is 45.6 Å². The summed E-state index contributed by atoms with van der Waals surface area (Å²) in [6.45, 7) is 5.47. The molecule has 7 nitrogen and oxygen atoms in total. The lowest BCUT2D eigenvalue weighted by atomic mass is 9.98. The van der Waals surface area contributed by atoms with E-state index in [9.17, 15) is 14.0 Å². The van der Waals surface area contributed by atoms with Crippen molar-refractivity contribution >= 4 is 34.5 Å². The summed E-state index contributed by atoms with van der Waals surface area (Å²) in [7, 11) is 2.98. The van der Waals surface area contributed by atoms with Gasteiger partial charge in [0.05, 0.1) is 29.8 Å². The van der Waals surface area contributed by atoms with Crippen LogP contribution in [-0.4, -0.2) is 26.3 Å². The minimum Gasteiger partial charge on any atom is -0.465 e. The average Bonchev–Trinajstić information content (AvgIpc) is 2.87. The molecule has 0 unspecified atom stereocenters. The van der Waals surface area contributed by atoms with Gasteiger partial charge in [0.1, 0.15) is 29.8 Å².